The third-order valence-electron chi connectivity index (χ3n) is 3.61. The van der Waals surface area contributed by atoms with Crippen LogP contribution in [0, 0.1) is 6.92 Å². The average molecular weight is 283 g/mol. The largest absolute Gasteiger partial charge is 0.370 e. The van der Waals surface area contributed by atoms with Crippen molar-refractivity contribution in [1.29, 1.82) is 0 Å². The van der Waals surface area contributed by atoms with Crippen LogP contribution in [-0.2, 0) is 13.1 Å². The first kappa shape index (κ1) is 15.5. The summed E-state index contributed by atoms with van der Waals surface area (Å²) in [7, 11) is 2.12. The summed E-state index contributed by atoms with van der Waals surface area (Å²) in [4.78, 5) is 6.42. The van der Waals surface area contributed by atoms with Gasteiger partial charge in [0.15, 0.2) is 0 Å². The zero-order valence-corrected chi connectivity index (χ0v) is 13.4. The second-order valence-electron chi connectivity index (χ2n) is 5.86. The van der Waals surface area contributed by atoms with Crippen LogP contribution in [0.15, 0.2) is 42.7 Å². The molecule has 3 heteroatoms. The lowest BCUT2D eigenvalue weighted by Gasteiger charge is -2.21. The van der Waals surface area contributed by atoms with Gasteiger partial charge in [0.05, 0.1) is 0 Å². The van der Waals surface area contributed by atoms with Crippen molar-refractivity contribution < 1.29 is 0 Å². The molecule has 0 aliphatic rings. The summed E-state index contributed by atoms with van der Waals surface area (Å²) in [5.41, 5.74) is 5.16. The second kappa shape index (κ2) is 7.23. The van der Waals surface area contributed by atoms with Gasteiger partial charge < -0.3 is 10.2 Å². The molecule has 2 rings (SSSR count). The van der Waals surface area contributed by atoms with Crippen LogP contribution < -0.4 is 10.2 Å². The van der Waals surface area contributed by atoms with Gasteiger partial charge in [-0.05, 0) is 41.8 Å². The molecule has 0 saturated carbocycles. The molecule has 1 heterocycles. The number of hydrogen-bond acceptors (Lipinski definition) is 3. The van der Waals surface area contributed by atoms with Crippen LogP contribution in [0.3, 0.4) is 0 Å². The molecule has 0 amide bonds. The Kier molecular flexibility index (Phi) is 5.34. The number of aryl methyl sites for hydroxylation is 1. The van der Waals surface area contributed by atoms with E-state index >= 15 is 0 Å². The lowest BCUT2D eigenvalue weighted by atomic mass is 10.1. The number of pyridine rings is 1. The zero-order valence-electron chi connectivity index (χ0n) is 13.4. The maximum atomic E-state index is 4.17. The van der Waals surface area contributed by atoms with Gasteiger partial charge in [0.25, 0.3) is 0 Å². The fourth-order valence-electron chi connectivity index (χ4n) is 2.29. The number of aromatic nitrogens is 1. The number of anilines is 1. The molecule has 0 fully saturated rings. The van der Waals surface area contributed by atoms with E-state index < -0.39 is 0 Å². The van der Waals surface area contributed by atoms with E-state index in [1.165, 1.54) is 22.4 Å². The van der Waals surface area contributed by atoms with Crippen LogP contribution in [0.25, 0.3) is 0 Å². The van der Waals surface area contributed by atoms with Gasteiger partial charge in [-0.15, -0.1) is 0 Å². The highest BCUT2D eigenvalue weighted by Crippen LogP contribution is 2.20. The fraction of sp³-hybridized carbons (Fsp3) is 0.389. The highest BCUT2D eigenvalue weighted by atomic mass is 15.1. The molecular weight excluding hydrogens is 258 g/mol. The minimum absolute atomic E-state index is 0.511. The molecule has 0 aliphatic heterocycles. The average Bonchev–Trinajstić information content (AvgIpc) is 2.46. The maximum Gasteiger partial charge on any atom is 0.0441 e. The Morgan fingerprint density at radius 2 is 2.05 bits per heavy atom. The van der Waals surface area contributed by atoms with E-state index in [-0.39, 0.29) is 0 Å². The van der Waals surface area contributed by atoms with E-state index in [0.717, 1.165) is 13.1 Å². The molecule has 0 atom stereocenters. The van der Waals surface area contributed by atoms with E-state index in [0.29, 0.717) is 6.04 Å². The summed E-state index contributed by atoms with van der Waals surface area (Å²) >= 11 is 0. The molecule has 0 aliphatic carbocycles. The Bertz CT molecular complexity index is 564. The first-order valence-electron chi connectivity index (χ1n) is 7.49. The molecule has 0 unspecified atom stereocenters. The minimum atomic E-state index is 0.511. The van der Waals surface area contributed by atoms with Crippen LogP contribution in [0.4, 0.5) is 5.69 Å². The van der Waals surface area contributed by atoms with Gasteiger partial charge in [-0.1, -0.05) is 26.0 Å². The zero-order chi connectivity index (χ0) is 15.2. The molecule has 2 aromatic rings. The van der Waals surface area contributed by atoms with Crippen molar-refractivity contribution in [1.82, 2.24) is 10.3 Å². The van der Waals surface area contributed by atoms with Crippen molar-refractivity contribution in [2.75, 3.05) is 11.9 Å². The summed E-state index contributed by atoms with van der Waals surface area (Å²) in [6, 6.07) is 11.3. The quantitative estimate of drug-likeness (QED) is 0.879. The predicted molar refractivity (Wildman–Crippen MR) is 89.5 cm³/mol. The van der Waals surface area contributed by atoms with Crippen LogP contribution in [0.2, 0.25) is 0 Å². The molecule has 1 aromatic carbocycles. The number of benzene rings is 1. The highest BCUT2D eigenvalue weighted by Gasteiger charge is 2.05. The van der Waals surface area contributed by atoms with Crippen LogP contribution in [-0.4, -0.2) is 18.1 Å². The van der Waals surface area contributed by atoms with Gasteiger partial charge in [-0.3, -0.25) is 4.98 Å². The monoisotopic (exact) mass is 283 g/mol. The van der Waals surface area contributed by atoms with Crippen molar-refractivity contribution in [3.8, 4) is 0 Å². The van der Waals surface area contributed by atoms with Crippen molar-refractivity contribution in [3.63, 3.8) is 0 Å². The van der Waals surface area contributed by atoms with Gasteiger partial charge in [0, 0.05) is 44.3 Å². The topological polar surface area (TPSA) is 28.2 Å². The molecule has 0 radical (unpaired) electrons. The van der Waals surface area contributed by atoms with Gasteiger partial charge in [-0.2, -0.15) is 0 Å². The van der Waals surface area contributed by atoms with E-state index in [2.05, 4.69) is 67.3 Å². The van der Waals surface area contributed by atoms with Crippen molar-refractivity contribution in [3.05, 3.63) is 59.4 Å². The molecule has 112 valence electrons. The number of hydrogen-bond donors (Lipinski definition) is 1. The van der Waals surface area contributed by atoms with Crippen LogP contribution in [0.1, 0.15) is 30.5 Å². The Balaban J connectivity index is 2.05. The van der Waals surface area contributed by atoms with Gasteiger partial charge in [0.1, 0.15) is 0 Å². The molecule has 3 nitrogen and oxygen atoms in total. The summed E-state index contributed by atoms with van der Waals surface area (Å²) in [5.74, 6) is 0. The lowest BCUT2D eigenvalue weighted by Crippen LogP contribution is -2.22. The smallest absolute Gasteiger partial charge is 0.0441 e. The third kappa shape index (κ3) is 4.57. The summed E-state index contributed by atoms with van der Waals surface area (Å²) in [5, 5.41) is 3.47. The van der Waals surface area contributed by atoms with E-state index in [1.54, 1.807) is 0 Å². The Morgan fingerprint density at radius 3 is 2.67 bits per heavy atom. The number of rotatable bonds is 6. The molecule has 1 N–H and O–H groups in total. The second-order valence-corrected chi connectivity index (χ2v) is 5.86. The predicted octanol–water partition coefficient (Wildman–Crippen LogP) is 3.52. The fourth-order valence-corrected chi connectivity index (χ4v) is 2.29. The molecule has 0 saturated heterocycles. The summed E-state index contributed by atoms with van der Waals surface area (Å²) < 4.78 is 0. The standard InChI is InChI=1S/C18H25N3/c1-14(2)20-12-17-7-8-18(10-15(17)3)21(4)13-16-6-5-9-19-11-16/h5-11,14,20H,12-13H2,1-4H3. The summed E-state index contributed by atoms with van der Waals surface area (Å²) in [6.07, 6.45) is 3.73. The SMILES string of the molecule is Cc1cc(N(C)Cc2cccnc2)ccc1CNC(C)C. The molecule has 21 heavy (non-hydrogen) atoms. The molecular formula is C18H25N3. The first-order chi connectivity index (χ1) is 10.1. The maximum absolute atomic E-state index is 4.17. The van der Waals surface area contributed by atoms with Crippen LogP contribution in [0.5, 0.6) is 0 Å². The van der Waals surface area contributed by atoms with Crippen molar-refractivity contribution in [2.45, 2.75) is 39.9 Å². The van der Waals surface area contributed by atoms with Gasteiger partial charge >= 0.3 is 0 Å². The summed E-state index contributed by atoms with van der Waals surface area (Å²) in [6.45, 7) is 8.32. The molecule has 0 spiro atoms. The van der Waals surface area contributed by atoms with Crippen molar-refractivity contribution in [2.24, 2.45) is 0 Å². The first-order valence-corrected chi connectivity index (χ1v) is 7.49. The normalized spacial score (nSPS) is 10.9. The lowest BCUT2D eigenvalue weighted by molar-refractivity contribution is 0.587. The molecule has 1 aromatic heterocycles. The van der Waals surface area contributed by atoms with Gasteiger partial charge in [-0.25, -0.2) is 0 Å². The highest BCUT2D eigenvalue weighted by molar-refractivity contribution is 5.50. The van der Waals surface area contributed by atoms with E-state index in [9.17, 15) is 0 Å². The van der Waals surface area contributed by atoms with Crippen LogP contribution >= 0.6 is 0 Å². The van der Waals surface area contributed by atoms with Gasteiger partial charge in [0.2, 0.25) is 0 Å². The van der Waals surface area contributed by atoms with Crippen molar-refractivity contribution >= 4 is 5.69 Å². The van der Waals surface area contributed by atoms with E-state index in [1.807, 2.05) is 18.5 Å². The third-order valence-corrected chi connectivity index (χ3v) is 3.61. The number of nitrogens with zero attached hydrogens (tertiary/aromatic N) is 2. The molecule has 0 bridgehead atoms. The Morgan fingerprint density at radius 1 is 1.24 bits per heavy atom. The minimum Gasteiger partial charge on any atom is -0.370 e. The Hall–Kier alpha value is -1.87. The number of nitrogens with one attached hydrogen (secondary N) is 1. The Labute approximate surface area is 128 Å². The van der Waals surface area contributed by atoms with E-state index in [4.69, 9.17) is 0 Å².